The van der Waals surface area contributed by atoms with Crippen LogP contribution in [0.4, 0.5) is 0 Å². The van der Waals surface area contributed by atoms with Crippen molar-refractivity contribution in [3.63, 3.8) is 0 Å². The number of hydrogen-bond donors (Lipinski definition) is 1. The summed E-state index contributed by atoms with van der Waals surface area (Å²) >= 11 is 3.36. The summed E-state index contributed by atoms with van der Waals surface area (Å²) in [5.41, 5.74) is 1.95. The van der Waals surface area contributed by atoms with Crippen LogP contribution >= 0.6 is 15.9 Å². The van der Waals surface area contributed by atoms with E-state index >= 15 is 0 Å². The molecule has 0 aliphatic carbocycles. The van der Waals surface area contributed by atoms with E-state index in [1.165, 1.54) is 0 Å². The molecule has 0 saturated carbocycles. The van der Waals surface area contributed by atoms with Gasteiger partial charge in [0, 0.05) is 19.3 Å². The van der Waals surface area contributed by atoms with Crippen molar-refractivity contribution in [3.8, 4) is 0 Å². The fourth-order valence-corrected chi connectivity index (χ4v) is 1.98. The predicted octanol–water partition coefficient (Wildman–Crippen LogP) is 2.17. The molecule has 0 aliphatic rings. The number of nitrogens with one attached hydrogen (secondary N) is 1. The fourth-order valence-electron chi connectivity index (χ4n) is 1.68. The lowest BCUT2D eigenvalue weighted by Crippen LogP contribution is -2.20. The highest BCUT2D eigenvalue weighted by molar-refractivity contribution is 9.10. The minimum atomic E-state index is 0.704. The molecule has 0 spiro atoms. The Labute approximate surface area is 120 Å². The molecule has 102 valence electrons. The molecule has 2 aromatic rings. The second kappa shape index (κ2) is 7.37. The van der Waals surface area contributed by atoms with Gasteiger partial charge in [-0.1, -0.05) is 6.08 Å². The van der Waals surface area contributed by atoms with Crippen molar-refractivity contribution in [1.29, 1.82) is 0 Å². The van der Waals surface area contributed by atoms with E-state index in [1.807, 2.05) is 22.9 Å². The third-order valence-electron chi connectivity index (χ3n) is 2.64. The van der Waals surface area contributed by atoms with E-state index < -0.39 is 0 Å². The standard InChI is InChI=1S/C13H17BrN4O/c1-2-3-5-19-6-4-15-7-11-8-17-13-9-16-12(14)10-18(11)13/h2,8-10,15H,1,3-7H2. The average Bonchev–Trinajstić information content (AvgIpc) is 2.80. The molecular formula is C13H17BrN4O. The molecule has 2 rings (SSSR count). The molecule has 0 aromatic carbocycles. The van der Waals surface area contributed by atoms with Crippen LogP contribution in [-0.4, -0.2) is 34.1 Å². The topological polar surface area (TPSA) is 51.5 Å². The molecule has 19 heavy (non-hydrogen) atoms. The first-order valence-corrected chi connectivity index (χ1v) is 6.97. The van der Waals surface area contributed by atoms with Gasteiger partial charge in [-0.05, 0) is 22.4 Å². The minimum Gasteiger partial charge on any atom is -0.380 e. The maximum Gasteiger partial charge on any atom is 0.155 e. The van der Waals surface area contributed by atoms with Crippen LogP contribution in [0.2, 0.25) is 0 Å². The van der Waals surface area contributed by atoms with Gasteiger partial charge in [0.1, 0.15) is 4.60 Å². The van der Waals surface area contributed by atoms with Crippen LogP contribution in [0.5, 0.6) is 0 Å². The van der Waals surface area contributed by atoms with Gasteiger partial charge in [0.15, 0.2) is 5.65 Å². The minimum absolute atomic E-state index is 0.704. The summed E-state index contributed by atoms with van der Waals surface area (Å²) in [7, 11) is 0. The smallest absolute Gasteiger partial charge is 0.155 e. The van der Waals surface area contributed by atoms with Gasteiger partial charge < -0.3 is 10.1 Å². The van der Waals surface area contributed by atoms with Gasteiger partial charge in [-0.3, -0.25) is 4.40 Å². The van der Waals surface area contributed by atoms with Crippen LogP contribution < -0.4 is 5.32 Å². The third-order valence-corrected chi connectivity index (χ3v) is 3.05. The lowest BCUT2D eigenvalue weighted by atomic mass is 10.4. The summed E-state index contributed by atoms with van der Waals surface area (Å²) in [6, 6.07) is 0. The Hall–Kier alpha value is -1.24. The molecule has 2 heterocycles. The molecule has 0 radical (unpaired) electrons. The maximum absolute atomic E-state index is 5.43. The highest BCUT2D eigenvalue weighted by Crippen LogP contribution is 2.10. The Bertz CT molecular complexity index is 540. The lowest BCUT2D eigenvalue weighted by molar-refractivity contribution is 0.140. The average molecular weight is 325 g/mol. The Balaban J connectivity index is 1.78. The molecule has 0 aliphatic heterocycles. The molecule has 6 heteroatoms. The first-order valence-electron chi connectivity index (χ1n) is 6.18. The van der Waals surface area contributed by atoms with E-state index in [0.29, 0.717) is 6.61 Å². The van der Waals surface area contributed by atoms with Crippen molar-refractivity contribution in [3.05, 3.63) is 41.5 Å². The zero-order chi connectivity index (χ0) is 13.5. The van der Waals surface area contributed by atoms with Crippen LogP contribution in [0.15, 0.2) is 35.8 Å². The first-order chi connectivity index (χ1) is 9.31. The molecule has 0 fully saturated rings. The molecule has 0 saturated heterocycles. The summed E-state index contributed by atoms with van der Waals surface area (Å²) < 4.78 is 8.24. The van der Waals surface area contributed by atoms with E-state index in [2.05, 4.69) is 37.8 Å². The van der Waals surface area contributed by atoms with E-state index in [-0.39, 0.29) is 0 Å². The van der Waals surface area contributed by atoms with Crippen molar-refractivity contribution < 1.29 is 4.74 Å². The van der Waals surface area contributed by atoms with E-state index in [9.17, 15) is 0 Å². The number of aromatic nitrogens is 3. The van der Waals surface area contributed by atoms with E-state index in [4.69, 9.17) is 4.74 Å². The van der Waals surface area contributed by atoms with Gasteiger partial charge in [-0.15, -0.1) is 6.58 Å². The first kappa shape index (κ1) is 14.2. The summed E-state index contributed by atoms with van der Waals surface area (Å²) in [6.45, 7) is 6.66. The van der Waals surface area contributed by atoms with Crippen LogP contribution in [0.1, 0.15) is 12.1 Å². The highest BCUT2D eigenvalue weighted by atomic mass is 79.9. The summed E-state index contributed by atoms with van der Waals surface area (Å²) in [4.78, 5) is 8.44. The second-order valence-corrected chi connectivity index (χ2v) is 4.87. The number of imidazole rings is 1. The van der Waals surface area contributed by atoms with Gasteiger partial charge >= 0.3 is 0 Å². The number of fused-ring (bicyclic) bond motifs is 1. The van der Waals surface area contributed by atoms with E-state index in [1.54, 1.807) is 6.20 Å². The quantitative estimate of drug-likeness (QED) is 0.597. The SMILES string of the molecule is C=CCCOCCNCc1cnc2cnc(Br)cn12. The predicted molar refractivity (Wildman–Crippen MR) is 78.0 cm³/mol. The third kappa shape index (κ3) is 4.12. The fraction of sp³-hybridized carbons (Fsp3) is 0.385. The zero-order valence-electron chi connectivity index (χ0n) is 10.7. The molecule has 0 amide bonds. The molecule has 0 bridgehead atoms. The second-order valence-electron chi connectivity index (χ2n) is 4.05. The van der Waals surface area contributed by atoms with Crippen LogP contribution in [0.25, 0.3) is 5.65 Å². The molecule has 0 atom stereocenters. The summed E-state index contributed by atoms with van der Waals surface area (Å²) in [6.07, 6.45) is 8.27. The Morgan fingerprint density at radius 2 is 2.26 bits per heavy atom. The van der Waals surface area contributed by atoms with Crippen molar-refractivity contribution in [2.24, 2.45) is 0 Å². The van der Waals surface area contributed by atoms with Crippen molar-refractivity contribution in [2.75, 3.05) is 19.8 Å². The molecular weight excluding hydrogens is 308 g/mol. The zero-order valence-corrected chi connectivity index (χ0v) is 12.3. The monoisotopic (exact) mass is 324 g/mol. The number of rotatable bonds is 8. The number of nitrogens with zero attached hydrogens (tertiary/aromatic N) is 3. The van der Waals surface area contributed by atoms with Gasteiger partial charge in [-0.2, -0.15) is 0 Å². The number of hydrogen-bond acceptors (Lipinski definition) is 4. The van der Waals surface area contributed by atoms with Gasteiger partial charge in [-0.25, -0.2) is 9.97 Å². The van der Waals surface area contributed by atoms with E-state index in [0.717, 1.165) is 42.1 Å². The lowest BCUT2D eigenvalue weighted by Gasteiger charge is -2.05. The Morgan fingerprint density at radius 3 is 3.11 bits per heavy atom. The molecule has 2 aromatic heterocycles. The summed E-state index contributed by atoms with van der Waals surface area (Å²) in [5.74, 6) is 0. The van der Waals surface area contributed by atoms with Crippen LogP contribution in [-0.2, 0) is 11.3 Å². The van der Waals surface area contributed by atoms with Gasteiger partial charge in [0.25, 0.3) is 0 Å². The van der Waals surface area contributed by atoms with Gasteiger partial charge in [0.05, 0.1) is 31.3 Å². The largest absolute Gasteiger partial charge is 0.380 e. The Kier molecular flexibility index (Phi) is 5.50. The number of halogens is 1. The number of ether oxygens (including phenoxy) is 1. The maximum atomic E-state index is 5.43. The van der Waals surface area contributed by atoms with Crippen molar-refractivity contribution in [2.45, 2.75) is 13.0 Å². The molecule has 1 N–H and O–H groups in total. The van der Waals surface area contributed by atoms with Crippen molar-refractivity contribution >= 4 is 21.6 Å². The normalized spacial score (nSPS) is 11.0. The van der Waals surface area contributed by atoms with Crippen molar-refractivity contribution in [1.82, 2.24) is 19.7 Å². The van der Waals surface area contributed by atoms with Gasteiger partial charge in [0.2, 0.25) is 0 Å². The summed E-state index contributed by atoms with van der Waals surface area (Å²) in [5, 5.41) is 3.33. The molecule has 0 unspecified atom stereocenters. The van der Waals surface area contributed by atoms with Crippen LogP contribution in [0, 0.1) is 0 Å². The van der Waals surface area contributed by atoms with Crippen LogP contribution in [0.3, 0.4) is 0 Å². The molecule has 5 nitrogen and oxygen atoms in total. The highest BCUT2D eigenvalue weighted by Gasteiger charge is 2.03. The Morgan fingerprint density at radius 1 is 1.37 bits per heavy atom.